The van der Waals surface area contributed by atoms with Crippen LogP contribution in [0.15, 0.2) is 11.1 Å². The predicted molar refractivity (Wildman–Crippen MR) is 57.8 cm³/mol. The number of rotatable bonds is 4. The molecule has 0 saturated carbocycles. The molecule has 0 bridgehead atoms. The van der Waals surface area contributed by atoms with E-state index in [1.54, 1.807) is 0 Å². The third-order valence-corrected chi connectivity index (χ3v) is 3.74. The van der Waals surface area contributed by atoms with Crippen molar-refractivity contribution in [3.8, 4) is 0 Å². The predicted octanol–water partition coefficient (Wildman–Crippen LogP) is -0.390. The molecular formula is C8H9NO6S2. The van der Waals surface area contributed by atoms with Gasteiger partial charge in [0.05, 0.1) is 18.1 Å². The fraction of sp³-hybridized carbons (Fsp3) is 0.500. The van der Waals surface area contributed by atoms with Gasteiger partial charge in [-0.3, -0.25) is 9.69 Å². The molecule has 2 aliphatic rings. The van der Waals surface area contributed by atoms with E-state index in [-0.39, 0.29) is 17.0 Å². The Labute approximate surface area is 102 Å². The Morgan fingerprint density at radius 1 is 1.65 bits per heavy atom. The molecule has 0 spiro atoms. The molecule has 0 N–H and O–H groups in total. The van der Waals surface area contributed by atoms with E-state index in [0.29, 0.717) is 6.42 Å². The molecule has 1 amide bonds. The highest BCUT2D eigenvalue weighted by Crippen LogP contribution is 2.40. The van der Waals surface area contributed by atoms with Crippen molar-refractivity contribution in [2.24, 2.45) is 0 Å². The first-order chi connectivity index (χ1) is 7.88. The van der Waals surface area contributed by atoms with Gasteiger partial charge < -0.3 is 4.74 Å². The summed E-state index contributed by atoms with van der Waals surface area (Å²) < 4.78 is 30.1. The molecule has 0 aromatic rings. The van der Waals surface area contributed by atoms with E-state index in [0.717, 1.165) is 6.26 Å². The van der Waals surface area contributed by atoms with Gasteiger partial charge in [0.15, 0.2) is 0 Å². The molecule has 0 radical (unpaired) electrons. The second kappa shape index (κ2) is 4.31. The summed E-state index contributed by atoms with van der Waals surface area (Å²) in [5, 5.41) is 1.50. The summed E-state index contributed by atoms with van der Waals surface area (Å²) in [5.41, 5.74) is 0.133. The van der Waals surface area contributed by atoms with E-state index >= 15 is 0 Å². The number of esters is 1. The largest absolute Gasteiger partial charge is 0.433 e. The van der Waals surface area contributed by atoms with Crippen molar-refractivity contribution in [1.82, 2.24) is 4.90 Å². The van der Waals surface area contributed by atoms with Gasteiger partial charge in [-0.05, 0) is 0 Å². The van der Waals surface area contributed by atoms with E-state index in [2.05, 4.69) is 8.92 Å². The van der Waals surface area contributed by atoms with E-state index in [1.807, 2.05) is 0 Å². The van der Waals surface area contributed by atoms with Gasteiger partial charge in [0.25, 0.3) is 10.1 Å². The highest BCUT2D eigenvalue weighted by molar-refractivity contribution is 8.03. The van der Waals surface area contributed by atoms with Gasteiger partial charge in [0.1, 0.15) is 5.70 Å². The molecule has 1 atom stereocenters. The quantitative estimate of drug-likeness (QED) is 0.299. The third-order valence-electron chi connectivity index (χ3n) is 2.16. The first kappa shape index (κ1) is 12.4. The normalized spacial score (nSPS) is 22.9. The number of fused-ring (bicyclic) bond motifs is 1. The summed E-state index contributed by atoms with van der Waals surface area (Å²) in [5.74, 6) is -0.913. The number of hydrogen-bond donors (Lipinski definition) is 0. The maximum absolute atomic E-state index is 11.5. The van der Waals surface area contributed by atoms with Crippen LogP contribution in [0.5, 0.6) is 0 Å². The number of carbonyl (C=O) groups excluding carboxylic acids is 2. The van der Waals surface area contributed by atoms with Gasteiger partial charge >= 0.3 is 5.97 Å². The second-order valence-electron chi connectivity index (χ2n) is 3.43. The number of nitrogens with zero attached hydrogens (tertiary/aromatic N) is 1. The first-order valence-electron chi connectivity index (χ1n) is 4.58. The van der Waals surface area contributed by atoms with Crippen LogP contribution in [0.3, 0.4) is 0 Å². The van der Waals surface area contributed by atoms with Crippen molar-refractivity contribution in [1.29, 1.82) is 0 Å². The van der Waals surface area contributed by atoms with Crippen molar-refractivity contribution < 1.29 is 26.9 Å². The Morgan fingerprint density at radius 2 is 2.35 bits per heavy atom. The molecule has 7 nitrogen and oxygen atoms in total. The molecule has 2 aliphatic heterocycles. The standard InChI is InChI=1S/C8H9NO6S2/c1-17(12,13)15-4-14-8(11)5-3-16-7-2-6(10)9(5)7/h3,7H,2,4H2,1H3/t7-/m1/s1. The first-order valence-corrected chi connectivity index (χ1v) is 7.33. The Kier molecular flexibility index (Phi) is 3.15. The molecule has 9 heteroatoms. The lowest BCUT2D eigenvalue weighted by molar-refractivity contribution is -0.152. The van der Waals surface area contributed by atoms with E-state index in [4.69, 9.17) is 0 Å². The van der Waals surface area contributed by atoms with Gasteiger partial charge in [0.2, 0.25) is 12.7 Å². The zero-order chi connectivity index (χ0) is 12.6. The van der Waals surface area contributed by atoms with E-state index in [9.17, 15) is 18.0 Å². The Bertz CT molecular complexity index is 496. The summed E-state index contributed by atoms with van der Waals surface area (Å²) in [4.78, 5) is 24.0. The van der Waals surface area contributed by atoms with Crippen LogP contribution in [-0.2, 0) is 28.6 Å². The maximum atomic E-state index is 11.5. The molecule has 0 aromatic heterocycles. The number of carbonyl (C=O) groups is 2. The number of β-lactam (4-membered cyclic amide) rings is 1. The van der Waals surface area contributed by atoms with Crippen LogP contribution >= 0.6 is 11.8 Å². The van der Waals surface area contributed by atoms with Gasteiger partial charge in [-0.1, -0.05) is 0 Å². The van der Waals surface area contributed by atoms with Crippen LogP contribution in [-0.4, -0.2) is 43.6 Å². The van der Waals surface area contributed by atoms with Crippen LogP contribution in [0.1, 0.15) is 6.42 Å². The smallest absolute Gasteiger partial charge is 0.357 e. The zero-order valence-corrected chi connectivity index (χ0v) is 10.4. The Morgan fingerprint density at radius 3 is 2.94 bits per heavy atom. The minimum absolute atomic E-state index is 0.0270. The molecule has 94 valence electrons. The highest BCUT2D eigenvalue weighted by atomic mass is 32.2. The molecule has 1 saturated heterocycles. The van der Waals surface area contributed by atoms with Crippen molar-refractivity contribution in [3.05, 3.63) is 11.1 Å². The van der Waals surface area contributed by atoms with Crippen LogP contribution in [0.2, 0.25) is 0 Å². The molecule has 1 fully saturated rings. The minimum Gasteiger partial charge on any atom is -0.433 e. The van der Waals surface area contributed by atoms with Crippen molar-refractivity contribution >= 4 is 33.8 Å². The average molecular weight is 279 g/mol. The van der Waals surface area contributed by atoms with Crippen LogP contribution in [0, 0.1) is 0 Å². The number of thioether (sulfide) groups is 1. The lowest BCUT2D eigenvalue weighted by atomic mass is 10.2. The Balaban J connectivity index is 1.87. The summed E-state index contributed by atoms with van der Waals surface area (Å²) >= 11 is 1.35. The molecular weight excluding hydrogens is 270 g/mol. The molecule has 0 aliphatic carbocycles. The second-order valence-corrected chi connectivity index (χ2v) is 6.13. The van der Waals surface area contributed by atoms with Gasteiger partial charge in [0, 0.05) is 5.41 Å². The summed E-state index contributed by atoms with van der Waals surface area (Å²) in [6.07, 6.45) is 1.25. The average Bonchev–Trinajstić information content (AvgIpc) is 2.52. The summed E-state index contributed by atoms with van der Waals surface area (Å²) in [7, 11) is -3.65. The topological polar surface area (TPSA) is 90.0 Å². The molecule has 0 aromatic carbocycles. The van der Waals surface area contributed by atoms with E-state index < -0.39 is 22.9 Å². The number of hydrogen-bond acceptors (Lipinski definition) is 7. The highest BCUT2D eigenvalue weighted by Gasteiger charge is 2.45. The lowest BCUT2D eigenvalue weighted by Gasteiger charge is -2.34. The van der Waals surface area contributed by atoms with Crippen molar-refractivity contribution in [2.45, 2.75) is 11.8 Å². The number of ether oxygens (including phenoxy) is 1. The van der Waals surface area contributed by atoms with Crippen molar-refractivity contribution in [2.75, 3.05) is 13.0 Å². The van der Waals surface area contributed by atoms with E-state index in [1.165, 1.54) is 22.1 Å². The zero-order valence-electron chi connectivity index (χ0n) is 8.78. The number of amides is 1. The van der Waals surface area contributed by atoms with Gasteiger partial charge in [-0.25, -0.2) is 8.98 Å². The monoisotopic (exact) mass is 279 g/mol. The maximum Gasteiger partial charge on any atom is 0.357 e. The summed E-state index contributed by atoms with van der Waals surface area (Å²) in [6, 6.07) is 0. The molecule has 2 heterocycles. The fourth-order valence-corrected chi connectivity index (χ4v) is 2.68. The van der Waals surface area contributed by atoms with Crippen LogP contribution in [0.4, 0.5) is 0 Å². The van der Waals surface area contributed by atoms with Gasteiger partial charge in [-0.2, -0.15) is 8.42 Å². The van der Waals surface area contributed by atoms with Crippen molar-refractivity contribution in [3.63, 3.8) is 0 Å². The van der Waals surface area contributed by atoms with Crippen LogP contribution in [0.25, 0.3) is 0 Å². The molecule has 2 rings (SSSR count). The Hall–Kier alpha value is -1.06. The summed E-state index contributed by atoms with van der Waals surface area (Å²) in [6.45, 7) is -0.688. The van der Waals surface area contributed by atoms with Gasteiger partial charge in [-0.15, -0.1) is 11.8 Å². The fourth-order valence-electron chi connectivity index (χ4n) is 1.37. The third kappa shape index (κ3) is 2.61. The lowest BCUT2D eigenvalue weighted by Crippen LogP contribution is -2.48. The molecule has 0 unspecified atom stereocenters. The SMILES string of the molecule is CS(=O)(=O)OCOC(=O)C1=CS[C@@H]2CC(=O)N12. The minimum atomic E-state index is -3.65. The molecule has 17 heavy (non-hydrogen) atoms. The van der Waals surface area contributed by atoms with Crippen LogP contribution < -0.4 is 0 Å².